The number of amides is 1. The van der Waals surface area contributed by atoms with Crippen molar-refractivity contribution in [3.8, 4) is 11.5 Å². The molecular weight excluding hydrogens is 390 g/mol. The van der Waals surface area contributed by atoms with Gasteiger partial charge in [0.1, 0.15) is 11.5 Å². The molecule has 2 aromatic carbocycles. The molecule has 1 fully saturated rings. The second kappa shape index (κ2) is 10.4. The number of nitrogens with zero attached hydrogens (tertiary/aromatic N) is 2. The topological polar surface area (TPSA) is 53.0 Å². The Morgan fingerprint density at radius 1 is 1.23 bits per heavy atom. The van der Waals surface area contributed by atoms with Gasteiger partial charge in [-0.3, -0.25) is 9.69 Å². The molecule has 1 aliphatic heterocycles. The molecule has 0 radical (unpaired) electrons. The summed E-state index contributed by atoms with van der Waals surface area (Å²) in [5.41, 5.74) is 1.34. The molecule has 0 spiro atoms. The molecular formula is C23H28F2N2O3. The van der Waals surface area contributed by atoms with Gasteiger partial charge in [0.2, 0.25) is 5.91 Å². The summed E-state index contributed by atoms with van der Waals surface area (Å²) in [4.78, 5) is 17.4. The van der Waals surface area contributed by atoms with Crippen LogP contribution in [-0.4, -0.2) is 53.1 Å². The zero-order chi connectivity index (χ0) is 21.5. The van der Waals surface area contributed by atoms with E-state index in [0.29, 0.717) is 18.7 Å². The number of rotatable bonds is 9. The van der Waals surface area contributed by atoms with Crippen LogP contribution in [0.25, 0.3) is 0 Å². The molecule has 162 valence electrons. The quantitative estimate of drug-likeness (QED) is 0.668. The van der Waals surface area contributed by atoms with Gasteiger partial charge in [0.05, 0.1) is 6.42 Å². The van der Waals surface area contributed by atoms with Gasteiger partial charge in [-0.2, -0.15) is 8.78 Å². The maximum absolute atomic E-state index is 13.2. The molecule has 30 heavy (non-hydrogen) atoms. The monoisotopic (exact) mass is 418 g/mol. The first-order valence-corrected chi connectivity index (χ1v) is 10.3. The van der Waals surface area contributed by atoms with Crippen molar-refractivity contribution in [1.29, 1.82) is 0 Å². The molecule has 1 saturated heterocycles. The molecule has 0 unspecified atom stereocenters. The summed E-state index contributed by atoms with van der Waals surface area (Å²) in [5.74, 6) is 0.0560. The summed E-state index contributed by atoms with van der Waals surface area (Å²) in [5, 5.41) is 9.53. The van der Waals surface area contributed by atoms with Crippen LogP contribution in [0.2, 0.25) is 0 Å². The third kappa shape index (κ3) is 5.92. The molecule has 0 aliphatic carbocycles. The van der Waals surface area contributed by atoms with Gasteiger partial charge in [-0.1, -0.05) is 37.3 Å². The standard InChI is InChI=1S/C23H28F2N2O3/c1-2-26-13-5-7-19(26)16-27(15-17-9-11-20(28)12-10-17)22(29)14-18-6-3-4-8-21(18)30-23(24)25/h3-4,6,8-12,19,23,28H,2,5,7,13-16H2,1H3/t19-/m0/s1. The molecule has 1 atom stereocenters. The lowest BCUT2D eigenvalue weighted by atomic mass is 10.1. The molecule has 3 rings (SSSR count). The zero-order valence-electron chi connectivity index (χ0n) is 17.1. The van der Waals surface area contributed by atoms with Crippen molar-refractivity contribution in [2.24, 2.45) is 0 Å². The average Bonchev–Trinajstić information content (AvgIpc) is 3.17. The highest BCUT2D eigenvalue weighted by molar-refractivity contribution is 5.79. The number of aromatic hydroxyl groups is 1. The molecule has 7 heteroatoms. The lowest BCUT2D eigenvalue weighted by Gasteiger charge is -2.31. The number of phenols is 1. The van der Waals surface area contributed by atoms with E-state index >= 15 is 0 Å². The Balaban J connectivity index is 1.78. The predicted octanol–water partition coefficient (Wildman–Crippen LogP) is 4.05. The molecule has 0 bridgehead atoms. The molecule has 1 heterocycles. The van der Waals surface area contributed by atoms with Crippen molar-refractivity contribution in [2.45, 2.75) is 45.4 Å². The van der Waals surface area contributed by atoms with Crippen LogP contribution in [0.1, 0.15) is 30.9 Å². The molecule has 1 N–H and O–H groups in total. The van der Waals surface area contributed by atoms with Gasteiger partial charge in [0, 0.05) is 24.7 Å². The van der Waals surface area contributed by atoms with E-state index in [-0.39, 0.29) is 29.9 Å². The van der Waals surface area contributed by atoms with Crippen LogP contribution < -0.4 is 4.74 Å². The minimum atomic E-state index is -2.94. The molecule has 0 aromatic heterocycles. The van der Waals surface area contributed by atoms with Crippen LogP contribution in [0.5, 0.6) is 11.5 Å². The summed E-state index contributed by atoms with van der Waals surface area (Å²) >= 11 is 0. The number of carbonyl (C=O) groups excluding carboxylic acids is 1. The Labute approximate surface area is 175 Å². The Morgan fingerprint density at radius 2 is 1.97 bits per heavy atom. The van der Waals surface area contributed by atoms with Gasteiger partial charge in [0.15, 0.2) is 0 Å². The lowest BCUT2D eigenvalue weighted by molar-refractivity contribution is -0.132. The molecule has 1 aliphatic rings. The van der Waals surface area contributed by atoms with Crippen molar-refractivity contribution in [3.05, 3.63) is 59.7 Å². The van der Waals surface area contributed by atoms with E-state index in [0.717, 1.165) is 31.5 Å². The molecule has 2 aromatic rings. The van der Waals surface area contributed by atoms with Crippen LogP contribution in [-0.2, 0) is 17.8 Å². The molecule has 0 saturated carbocycles. The lowest BCUT2D eigenvalue weighted by Crippen LogP contribution is -2.43. The van der Waals surface area contributed by atoms with E-state index in [1.54, 1.807) is 47.4 Å². The first-order chi connectivity index (χ1) is 14.5. The SMILES string of the molecule is CCN1CCC[C@H]1CN(Cc1ccc(O)cc1)C(=O)Cc1ccccc1OC(F)F. The number of halogens is 2. The van der Waals surface area contributed by atoms with Crippen molar-refractivity contribution < 1.29 is 23.4 Å². The van der Waals surface area contributed by atoms with E-state index in [2.05, 4.69) is 16.6 Å². The van der Waals surface area contributed by atoms with E-state index in [4.69, 9.17) is 0 Å². The summed E-state index contributed by atoms with van der Waals surface area (Å²) in [6.45, 7) is 2.09. The van der Waals surface area contributed by atoms with Crippen LogP contribution in [0, 0.1) is 0 Å². The van der Waals surface area contributed by atoms with Crippen molar-refractivity contribution in [1.82, 2.24) is 9.80 Å². The number of hydrogen-bond acceptors (Lipinski definition) is 4. The van der Waals surface area contributed by atoms with E-state index in [1.165, 1.54) is 6.07 Å². The number of likely N-dealkylation sites (tertiary alicyclic amines) is 1. The number of alkyl halides is 2. The van der Waals surface area contributed by atoms with Crippen LogP contribution in [0.3, 0.4) is 0 Å². The first-order valence-electron chi connectivity index (χ1n) is 10.3. The highest BCUT2D eigenvalue weighted by Crippen LogP contribution is 2.24. The number of hydrogen-bond donors (Lipinski definition) is 1. The largest absolute Gasteiger partial charge is 0.508 e. The van der Waals surface area contributed by atoms with Gasteiger partial charge >= 0.3 is 6.61 Å². The summed E-state index contributed by atoms with van der Waals surface area (Å²) < 4.78 is 30.0. The van der Waals surface area contributed by atoms with Crippen LogP contribution >= 0.6 is 0 Å². The van der Waals surface area contributed by atoms with Gasteiger partial charge in [-0.25, -0.2) is 0 Å². The number of phenolic OH excluding ortho intramolecular Hbond substituents is 1. The number of benzene rings is 2. The Kier molecular flexibility index (Phi) is 7.63. The van der Waals surface area contributed by atoms with Gasteiger partial charge < -0.3 is 14.7 Å². The van der Waals surface area contributed by atoms with Gasteiger partial charge in [0.25, 0.3) is 0 Å². The highest BCUT2D eigenvalue weighted by atomic mass is 19.3. The Hall–Kier alpha value is -2.67. The van der Waals surface area contributed by atoms with E-state index < -0.39 is 6.61 Å². The number of likely N-dealkylation sites (N-methyl/N-ethyl adjacent to an activating group) is 1. The highest BCUT2D eigenvalue weighted by Gasteiger charge is 2.27. The fraction of sp³-hybridized carbons (Fsp3) is 0.435. The number of ether oxygens (including phenoxy) is 1. The van der Waals surface area contributed by atoms with Crippen LogP contribution in [0.4, 0.5) is 8.78 Å². The predicted molar refractivity (Wildman–Crippen MR) is 111 cm³/mol. The normalized spacial score (nSPS) is 16.7. The maximum atomic E-state index is 13.2. The average molecular weight is 418 g/mol. The molecule has 5 nitrogen and oxygen atoms in total. The zero-order valence-corrected chi connectivity index (χ0v) is 17.1. The van der Waals surface area contributed by atoms with Gasteiger partial charge in [-0.15, -0.1) is 0 Å². The Morgan fingerprint density at radius 3 is 2.67 bits per heavy atom. The van der Waals surface area contributed by atoms with Crippen LogP contribution in [0.15, 0.2) is 48.5 Å². The van der Waals surface area contributed by atoms with Gasteiger partial charge in [-0.05, 0) is 49.7 Å². The van der Waals surface area contributed by atoms with E-state index in [9.17, 15) is 18.7 Å². The second-order valence-corrected chi connectivity index (χ2v) is 7.53. The van der Waals surface area contributed by atoms with Crippen molar-refractivity contribution in [2.75, 3.05) is 19.6 Å². The summed E-state index contributed by atoms with van der Waals surface area (Å²) in [6, 6.07) is 13.5. The third-order valence-electron chi connectivity index (χ3n) is 5.53. The summed E-state index contributed by atoms with van der Waals surface area (Å²) in [7, 11) is 0. The number of carbonyl (C=O) groups is 1. The first kappa shape index (κ1) is 22.0. The number of para-hydroxylation sites is 1. The summed E-state index contributed by atoms with van der Waals surface area (Å²) in [6.07, 6.45) is 2.11. The van der Waals surface area contributed by atoms with Crippen molar-refractivity contribution in [3.63, 3.8) is 0 Å². The minimum Gasteiger partial charge on any atom is -0.508 e. The maximum Gasteiger partial charge on any atom is 0.387 e. The third-order valence-corrected chi connectivity index (χ3v) is 5.53. The fourth-order valence-corrected chi connectivity index (χ4v) is 3.98. The van der Waals surface area contributed by atoms with E-state index in [1.807, 2.05) is 0 Å². The second-order valence-electron chi connectivity index (χ2n) is 7.53. The minimum absolute atomic E-state index is 0.0141. The Bertz CT molecular complexity index is 829. The van der Waals surface area contributed by atoms with Crippen molar-refractivity contribution >= 4 is 5.91 Å². The molecule has 1 amide bonds. The smallest absolute Gasteiger partial charge is 0.387 e. The fourth-order valence-electron chi connectivity index (χ4n) is 3.98.